The van der Waals surface area contributed by atoms with E-state index in [1.807, 2.05) is 31.3 Å². The summed E-state index contributed by atoms with van der Waals surface area (Å²) >= 11 is 1.49. The van der Waals surface area contributed by atoms with E-state index >= 15 is 0 Å². The number of nitrogens with one attached hydrogen (secondary N) is 1. The van der Waals surface area contributed by atoms with Crippen LogP contribution in [0.1, 0.15) is 27.7 Å². The third-order valence-corrected chi connectivity index (χ3v) is 4.92. The minimum Gasteiger partial charge on any atom is -0.353 e. The molecule has 0 aliphatic rings. The van der Waals surface area contributed by atoms with E-state index in [0.29, 0.717) is 11.7 Å². The van der Waals surface area contributed by atoms with Gasteiger partial charge in [-0.2, -0.15) is 0 Å². The fraction of sp³-hybridized carbons (Fsp3) is 0.444. The molecule has 4 nitrogen and oxygen atoms in total. The Labute approximate surface area is 142 Å². The van der Waals surface area contributed by atoms with Gasteiger partial charge in [0.2, 0.25) is 5.91 Å². The number of thioether (sulfide) groups is 1. The normalized spacial score (nSPS) is 12.4. The molecule has 0 saturated carbocycles. The Hall–Kier alpha value is -1.75. The third kappa shape index (κ3) is 4.61. The van der Waals surface area contributed by atoms with E-state index < -0.39 is 0 Å². The molecule has 1 N–H and O–H groups in total. The summed E-state index contributed by atoms with van der Waals surface area (Å²) in [6, 6.07) is 10.4. The smallest absolute Gasteiger partial charge is 0.230 e. The number of carbonyl (C=O) groups is 1. The Morgan fingerprint density at radius 2 is 1.96 bits per heavy atom. The second-order valence-corrected chi connectivity index (χ2v) is 6.87. The highest BCUT2D eigenvalue weighted by Gasteiger charge is 2.14. The van der Waals surface area contributed by atoms with E-state index in [1.54, 1.807) is 0 Å². The Morgan fingerprint density at radius 1 is 1.26 bits per heavy atom. The standard InChI is InChI=1S/C18H25N3OS/c1-5-21-16(15-9-7-6-8-10-15)11-19-18(21)23-12-17(22)20-14(4)13(2)3/h6-11,13-14H,5,12H2,1-4H3,(H,20,22). The van der Waals surface area contributed by atoms with Gasteiger partial charge in [-0.25, -0.2) is 4.98 Å². The fourth-order valence-electron chi connectivity index (χ4n) is 2.21. The van der Waals surface area contributed by atoms with Crippen molar-refractivity contribution >= 4 is 17.7 Å². The van der Waals surface area contributed by atoms with Gasteiger partial charge in [0.1, 0.15) is 0 Å². The first-order valence-corrected chi connectivity index (χ1v) is 9.04. The zero-order valence-electron chi connectivity index (χ0n) is 14.2. The quantitative estimate of drug-likeness (QED) is 0.785. The summed E-state index contributed by atoms with van der Waals surface area (Å²) in [5.74, 6) is 0.886. The molecule has 2 aromatic rings. The molecule has 0 saturated heterocycles. The topological polar surface area (TPSA) is 46.9 Å². The molecule has 0 aliphatic carbocycles. The molecule has 1 heterocycles. The van der Waals surface area contributed by atoms with Crippen LogP contribution in [0.4, 0.5) is 0 Å². The summed E-state index contributed by atoms with van der Waals surface area (Å²) in [5, 5.41) is 3.92. The van der Waals surface area contributed by atoms with Crippen LogP contribution in [0.2, 0.25) is 0 Å². The maximum absolute atomic E-state index is 12.0. The number of nitrogens with zero attached hydrogens (tertiary/aromatic N) is 2. The summed E-state index contributed by atoms with van der Waals surface area (Å²) in [6.45, 7) is 9.17. The van der Waals surface area contributed by atoms with E-state index in [0.717, 1.165) is 23.0 Å². The van der Waals surface area contributed by atoms with Crippen LogP contribution in [0.3, 0.4) is 0 Å². The second kappa shape index (κ2) is 8.20. The third-order valence-electron chi connectivity index (χ3n) is 3.93. The van der Waals surface area contributed by atoms with E-state index in [9.17, 15) is 4.79 Å². The lowest BCUT2D eigenvalue weighted by Gasteiger charge is -2.17. The Balaban J connectivity index is 2.04. The molecule has 1 aromatic carbocycles. The van der Waals surface area contributed by atoms with Crippen LogP contribution in [0.15, 0.2) is 41.7 Å². The predicted molar refractivity (Wildman–Crippen MR) is 96.5 cm³/mol. The molecule has 124 valence electrons. The molecule has 1 atom stereocenters. The van der Waals surface area contributed by atoms with Gasteiger partial charge in [-0.3, -0.25) is 4.79 Å². The molecule has 1 amide bonds. The minimum atomic E-state index is 0.0584. The molecule has 0 fully saturated rings. The van der Waals surface area contributed by atoms with E-state index in [2.05, 4.69) is 47.8 Å². The molecule has 1 aromatic heterocycles. The van der Waals surface area contributed by atoms with Crippen molar-refractivity contribution in [3.05, 3.63) is 36.5 Å². The van der Waals surface area contributed by atoms with Crippen molar-refractivity contribution < 1.29 is 4.79 Å². The summed E-state index contributed by atoms with van der Waals surface area (Å²) in [5.41, 5.74) is 2.23. The van der Waals surface area contributed by atoms with Crippen LogP contribution in [0.25, 0.3) is 11.3 Å². The zero-order chi connectivity index (χ0) is 16.8. The minimum absolute atomic E-state index is 0.0584. The number of imidazole rings is 1. The van der Waals surface area contributed by atoms with Crippen molar-refractivity contribution in [2.75, 3.05) is 5.75 Å². The summed E-state index contributed by atoms with van der Waals surface area (Å²) in [4.78, 5) is 16.5. The van der Waals surface area contributed by atoms with Crippen LogP contribution in [0, 0.1) is 5.92 Å². The van der Waals surface area contributed by atoms with Gasteiger partial charge < -0.3 is 9.88 Å². The van der Waals surface area contributed by atoms with Gasteiger partial charge in [0, 0.05) is 12.6 Å². The van der Waals surface area contributed by atoms with Gasteiger partial charge in [0.05, 0.1) is 17.6 Å². The highest BCUT2D eigenvalue weighted by Crippen LogP contribution is 2.25. The van der Waals surface area contributed by atoms with Crippen molar-refractivity contribution in [1.29, 1.82) is 0 Å². The predicted octanol–water partition coefficient (Wildman–Crippen LogP) is 3.82. The Kier molecular flexibility index (Phi) is 6.28. The molecule has 0 aliphatic heterocycles. The molecule has 0 bridgehead atoms. The number of hydrogen-bond donors (Lipinski definition) is 1. The molecule has 2 rings (SSSR count). The molecule has 0 radical (unpaired) electrons. The van der Waals surface area contributed by atoms with Crippen LogP contribution in [-0.2, 0) is 11.3 Å². The highest BCUT2D eigenvalue weighted by atomic mass is 32.2. The largest absolute Gasteiger partial charge is 0.353 e. The number of benzene rings is 1. The SMILES string of the molecule is CCn1c(-c2ccccc2)cnc1SCC(=O)NC(C)C(C)C. The first-order chi connectivity index (χ1) is 11.0. The van der Waals surface area contributed by atoms with Crippen molar-refractivity contribution in [2.24, 2.45) is 5.92 Å². The van der Waals surface area contributed by atoms with Crippen molar-refractivity contribution in [3.8, 4) is 11.3 Å². The average molecular weight is 331 g/mol. The average Bonchev–Trinajstić information content (AvgIpc) is 2.96. The lowest BCUT2D eigenvalue weighted by atomic mass is 10.1. The van der Waals surface area contributed by atoms with Crippen LogP contribution in [0.5, 0.6) is 0 Å². The lowest BCUT2D eigenvalue weighted by molar-refractivity contribution is -0.119. The molecule has 1 unspecified atom stereocenters. The van der Waals surface area contributed by atoms with E-state index in [-0.39, 0.29) is 11.9 Å². The van der Waals surface area contributed by atoms with Gasteiger partial charge in [-0.05, 0) is 25.3 Å². The lowest BCUT2D eigenvalue weighted by Crippen LogP contribution is -2.37. The fourth-order valence-corrected chi connectivity index (χ4v) is 3.07. The zero-order valence-corrected chi connectivity index (χ0v) is 15.1. The second-order valence-electron chi connectivity index (χ2n) is 5.93. The van der Waals surface area contributed by atoms with Gasteiger partial charge in [-0.1, -0.05) is 55.9 Å². The van der Waals surface area contributed by atoms with Gasteiger partial charge in [0.25, 0.3) is 0 Å². The Morgan fingerprint density at radius 3 is 2.57 bits per heavy atom. The first-order valence-electron chi connectivity index (χ1n) is 8.06. The number of amides is 1. The van der Waals surface area contributed by atoms with E-state index in [4.69, 9.17) is 0 Å². The first kappa shape index (κ1) is 17.6. The number of rotatable bonds is 7. The summed E-state index contributed by atoms with van der Waals surface area (Å²) in [7, 11) is 0. The number of carbonyl (C=O) groups excluding carboxylic acids is 1. The van der Waals surface area contributed by atoms with Crippen LogP contribution >= 0.6 is 11.8 Å². The van der Waals surface area contributed by atoms with Gasteiger partial charge in [-0.15, -0.1) is 0 Å². The molecular weight excluding hydrogens is 306 g/mol. The van der Waals surface area contributed by atoms with Crippen molar-refractivity contribution in [1.82, 2.24) is 14.9 Å². The molecular formula is C18H25N3OS. The van der Waals surface area contributed by atoms with Crippen LogP contribution < -0.4 is 5.32 Å². The van der Waals surface area contributed by atoms with Gasteiger partial charge >= 0.3 is 0 Å². The molecule has 23 heavy (non-hydrogen) atoms. The number of aromatic nitrogens is 2. The monoisotopic (exact) mass is 331 g/mol. The molecule has 5 heteroatoms. The van der Waals surface area contributed by atoms with E-state index in [1.165, 1.54) is 11.8 Å². The maximum Gasteiger partial charge on any atom is 0.230 e. The Bertz CT molecular complexity index is 637. The summed E-state index contributed by atoms with van der Waals surface area (Å²) in [6.07, 6.45) is 1.88. The maximum atomic E-state index is 12.0. The van der Waals surface area contributed by atoms with Gasteiger partial charge in [0.15, 0.2) is 5.16 Å². The number of hydrogen-bond acceptors (Lipinski definition) is 3. The van der Waals surface area contributed by atoms with Crippen LogP contribution in [-0.4, -0.2) is 27.3 Å². The highest BCUT2D eigenvalue weighted by molar-refractivity contribution is 7.99. The van der Waals surface area contributed by atoms with Crippen molar-refractivity contribution in [3.63, 3.8) is 0 Å². The van der Waals surface area contributed by atoms with Crippen molar-refractivity contribution in [2.45, 2.75) is 45.4 Å². The summed E-state index contributed by atoms with van der Waals surface area (Å²) < 4.78 is 2.15. The molecule has 0 spiro atoms.